The highest BCUT2D eigenvalue weighted by molar-refractivity contribution is 7.89. The maximum Gasteiger partial charge on any atom is 0.416 e. The number of carbonyl (C=O) groups excluding carboxylic acids is 1. The van der Waals surface area contributed by atoms with Gasteiger partial charge in [0.25, 0.3) is 0 Å². The Labute approximate surface area is 169 Å². The fraction of sp³-hybridized carbons (Fsp3) is 0.0500. The number of ketones is 1. The number of hydrogen-bond donors (Lipinski definition) is 1. The lowest BCUT2D eigenvalue weighted by atomic mass is 9.99. The molecule has 3 aromatic carbocycles. The van der Waals surface area contributed by atoms with Gasteiger partial charge in [0.1, 0.15) is 4.90 Å². The molecule has 0 bridgehead atoms. The van der Waals surface area contributed by atoms with Gasteiger partial charge in [-0.05, 0) is 41.5 Å². The molecule has 0 heterocycles. The van der Waals surface area contributed by atoms with Crippen molar-refractivity contribution < 1.29 is 26.4 Å². The first kappa shape index (κ1) is 21.0. The summed E-state index contributed by atoms with van der Waals surface area (Å²) in [6.07, 6.45) is -4.41. The van der Waals surface area contributed by atoms with E-state index < -0.39 is 27.5 Å². The second-order valence-corrected chi connectivity index (χ2v) is 8.11. The quantitative estimate of drug-likeness (QED) is 0.587. The molecule has 0 saturated carbocycles. The minimum absolute atomic E-state index is 0.0840. The van der Waals surface area contributed by atoms with Crippen molar-refractivity contribution in [2.24, 2.45) is 5.14 Å². The molecular weight excluding hydrogens is 427 g/mol. The van der Waals surface area contributed by atoms with E-state index in [1.807, 2.05) is 0 Å². The van der Waals surface area contributed by atoms with E-state index in [0.717, 1.165) is 18.2 Å². The summed E-state index contributed by atoms with van der Waals surface area (Å²) in [6.45, 7) is 0. The van der Waals surface area contributed by atoms with Crippen LogP contribution in [-0.4, -0.2) is 14.2 Å². The average Bonchev–Trinajstić information content (AvgIpc) is 2.66. The summed E-state index contributed by atoms with van der Waals surface area (Å²) in [5.41, 5.74) is 0.780. The summed E-state index contributed by atoms with van der Waals surface area (Å²) in [5.74, 6) is -0.453. The molecule has 0 aliphatic carbocycles. The van der Waals surface area contributed by atoms with Gasteiger partial charge in [-0.1, -0.05) is 48.0 Å². The Morgan fingerprint density at radius 3 is 1.79 bits per heavy atom. The fourth-order valence-corrected chi connectivity index (χ4v) is 3.77. The average molecular weight is 440 g/mol. The normalized spacial score (nSPS) is 12.0. The minimum atomic E-state index is -4.41. The van der Waals surface area contributed by atoms with Crippen molar-refractivity contribution in [3.05, 3.63) is 88.4 Å². The maximum absolute atomic E-state index is 12.7. The Balaban J connectivity index is 1.88. The molecule has 9 heteroatoms. The molecule has 29 heavy (non-hydrogen) atoms. The SMILES string of the molecule is NS(=O)(=O)c1cc(C(=O)c2ccc(-c3ccc(C(F)(F)F)cc3)cc2)ccc1Cl. The van der Waals surface area contributed by atoms with Crippen molar-refractivity contribution >= 4 is 27.4 Å². The number of primary sulfonamides is 1. The van der Waals surface area contributed by atoms with Crippen LogP contribution in [0.1, 0.15) is 21.5 Å². The van der Waals surface area contributed by atoms with Gasteiger partial charge in [-0.2, -0.15) is 13.2 Å². The predicted octanol–water partition coefficient (Wildman–Crippen LogP) is 4.90. The van der Waals surface area contributed by atoms with Gasteiger partial charge < -0.3 is 0 Å². The van der Waals surface area contributed by atoms with E-state index in [2.05, 4.69) is 0 Å². The van der Waals surface area contributed by atoms with Gasteiger partial charge in [-0.25, -0.2) is 13.6 Å². The molecule has 0 saturated heterocycles. The topological polar surface area (TPSA) is 77.2 Å². The second kappa shape index (κ2) is 7.62. The number of alkyl halides is 3. The van der Waals surface area contributed by atoms with Crippen LogP contribution in [-0.2, 0) is 16.2 Å². The molecule has 0 aromatic heterocycles. The van der Waals surface area contributed by atoms with Crippen molar-refractivity contribution in [2.45, 2.75) is 11.1 Å². The highest BCUT2D eigenvalue weighted by Crippen LogP contribution is 2.31. The van der Waals surface area contributed by atoms with Crippen molar-refractivity contribution in [1.82, 2.24) is 0 Å². The Hall–Kier alpha value is -2.68. The van der Waals surface area contributed by atoms with Crippen LogP contribution in [0.2, 0.25) is 5.02 Å². The smallest absolute Gasteiger partial charge is 0.289 e. The second-order valence-electron chi connectivity index (χ2n) is 6.17. The van der Waals surface area contributed by atoms with Gasteiger partial charge in [-0.3, -0.25) is 4.79 Å². The lowest BCUT2D eigenvalue weighted by molar-refractivity contribution is -0.137. The number of benzene rings is 3. The third-order valence-corrected chi connectivity index (χ3v) is 5.59. The first-order valence-electron chi connectivity index (χ1n) is 8.11. The van der Waals surface area contributed by atoms with Gasteiger partial charge >= 0.3 is 6.18 Å². The molecule has 0 aliphatic rings. The molecule has 0 spiro atoms. The van der Waals surface area contributed by atoms with E-state index in [4.69, 9.17) is 16.7 Å². The monoisotopic (exact) mass is 439 g/mol. The highest BCUT2D eigenvalue weighted by atomic mass is 35.5. The minimum Gasteiger partial charge on any atom is -0.289 e. The van der Waals surface area contributed by atoms with Crippen LogP contribution in [0.25, 0.3) is 11.1 Å². The third-order valence-electron chi connectivity index (χ3n) is 4.19. The van der Waals surface area contributed by atoms with Gasteiger partial charge in [0.05, 0.1) is 10.6 Å². The van der Waals surface area contributed by atoms with E-state index in [1.165, 1.54) is 36.4 Å². The fourth-order valence-electron chi connectivity index (χ4n) is 2.70. The zero-order valence-corrected chi connectivity index (χ0v) is 16.1. The van der Waals surface area contributed by atoms with E-state index in [-0.39, 0.29) is 21.0 Å². The van der Waals surface area contributed by atoms with E-state index in [9.17, 15) is 26.4 Å². The molecule has 2 N–H and O–H groups in total. The Bertz CT molecular complexity index is 1170. The van der Waals surface area contributed by atoms with Crippen LogP contribution in [0.3, 0.4) is 0 Å². The Morgan fingerprint density at radius 2 is 1.31 bits per heavy atom. The predicted molar refractivity (Wildman–Crippen MR) is 103 cm³/mol. The van der Waals surface area contributed by atoms with Crippen molar-refractivity contribution in [1.29, 1.82) is 0 Å². The lowest BCUT2D eigenvalue weighted by Gasteiger charge is -2.09. The number of carbonyl (C=O) groups is 1. The molecule has 4 nitrogen and oxygen atoms in total. The van der Waals surface area contributed by atoms with E-state index in [0.29, 0.717) is 11.1 Å². The van der Waals surface area contributed by atoms with Gasteiger partial charge in [-0.15, -0.1) is 0 Å². The van der Waals surface area contributed by atoms with Gasteiger partial charge in [0, 0.05) is 11.1 Å². The summed E-state index contributed by atoms with van der Waals surface area (Å²) in [7, 11) is -4.09. The van der Waals surface area contributed by atoms with Gasteiger partial charge in [0.15, 0.2) is 5.78 Å². The zero-order valence-electron chi connectivity index (χ0n) is 14.6. The Morgan fingerprint density at radius 1 is 0.828 bits per heavy atom. The molecule has 150 valence electrons. The lowest BCUT2D eigenvalue weighted by Crippen LogP contribution is -2.14. The van der Waals surface area contributed by atoms with Crippen LogP contribution in [0.5, 0.6) is 0 Å². The summed E-state index contributed by atoms with van der Waals surface area (Å²) in [4.78, 5) is 12.3. The molecule has 3 aromatic rings. The summed E-state index contributed by atoms with van der Waals surface area (Å²) in [6, 6.07) is 14.6. The van der Waals surface area contributed by atoms with Crippen molar-refractivity contribution in [3.8, 4) is 11.1 Å². The van der Waals surface area contributed by atoms with Crippen LogP contribution in [0, 0.1) is 0 Å². The first-order valence-corrected chi connectivity index (χ1v) is 10.0. The van der Waals surface area contributed by atoms with E-state index in [1.54, 1.807) is 12.1 Å². The molecule has 0 atom stereocenters. The highest BCUT2D eigenvalue weighted by Gasteiger charge is 2.30. The first-order chi connectivity index (χ1) is 13.5. The largest absolute Gasteiger partial charge is 0.416 e. The molecule has 0 aliphatic heterocycles. The van der Waals surface area contributed by atoms with Crippen molar-refractivity contribution in [2.75, 3.05) is 0 Å². The maximum atomic E-state index is 12.7. The number of halogens is 4. The molecule has 0 radical (unpaired) electrons. The molecule has 0 amide bonds. The standard InChI is InChI=1S/C20H13ClF3NO3S/c21-17-10-7-15(11-18(17)29(25,27)28)19(26)14-3-1-12(2-4-14)13-5-8-16(9-6-13)20(22,23)24/h1-11H,(H2,25,27,28). The molecule has 0 unspecified atom stereocenters. The van der Waals surface area contributed by atoms with Crippen LogP contribution < -0.4 is 5.14 Å². The molecule has 3 rings (SSSR count). The van der Waals surface area contributed by atoms with Crippen LogP contribution >= 0.6 is 11.6 Å². The number of sulfonamides is 1. The van der Waals surface area contributed by atoms with Crippen LogP contribution in [0.4, 0.5) is 13.2 Å². The summed E-state index contributed by atoms with van der Waals surface area (Å²) >= 11 is 5.82. The van der Waals surface area contributed by atoms with Crippen LogP contribution in [0.15, 0.2) is 71.6 Å². The van der Waals surface area contributed by atoms with E-state index >= 15 is 0 Å². The summed E-state index contributed by atoms with van der Waals surface area (Å²) < 4.78 is 61.1. The van der Waals surface area contributed by atoms with Crippen molar-refractivity contribution in [3.63, 3.8) is 0 Å². The third kappa shape index (κ3) is 4.67. The molecule has 0 fully saturated rings. The number of hydrogen-bond acceptors (Lipinski definition) is 3. The Kier molecular flexibility index (Phi) is 5.53. The van der Waals surface area contributed by atoms with Gasteiger partial charge in [0.2, 0.25) is 10.0 Å². The summed E-state index contributed by atoms with van der Waals surface area (Å²) in [5, 5.41) is 5.00. The number of rotatable bonds is 4. The number of nitrogens with two attached hydrogens (primary N) is 1. The zero-order chi connectivity index (χ0) is 21.4. The molecular formula is C20H13ClF3NO3S.